The molecular weight excluding hydrogens is 522 g/mol. The average molecular weight is 547 g/mol. The van der Waals surface area contributed by atoms with Gasteiger partial charge in [-0.1, -0.05) is 115 Å². The number of hydrogen-bond donors (Lipinski definition) is 0. The van der Waals surface area contributed by atoms with Crippen LogP contribution in [-0.4, -0.2) is 0 Å². The molecule has 0 spiro atoms. The fourth-order valence-corrected chi connectivity index (χ4v) is 4.45. The van der Waals surface area contributed by atoms with Crippen molar-refractivity contribution in [3.05, 3.63) is 150 Å². The van der Waals surface area contributed by atoms with Crippen LogP contribution < -0.4 is 24.8 Å². The van der Waals surface area contributed by atoms with Crippen LogP contribution in [0.3, 0.4) is 0 Å². The predicted molar refractivity (Wildman–Crippen MR) is 127 cm³/mol. The first-order valence-electron chi connectivity index (χ1n) is 10.5. The SMILES string of the molecule is [CH2]C1C=Cc2ccccc21.[CH](c1ccccc1)C1c2ccccc2-c2ccccc21.[Cl-].[Cl-].[Zr+2]. The Bertz CT molecular complexity index is 1160. The summed E-state index contributed by atoms with van der Waals surface area (Å²) in [7, 11) is 0. The van der Waals surface area contributed by atoms with Gasteiger partial charge in [0.05, 0.1) is 0 Å². The third kappa shape index (κ3) is 5.78. The second kappa shape index (κ2) is 12.5. The van der Waals surface area contributed by atoms with Gasteiger partial charge in [0.25, 0.3) is 0 Å². The Hall–Kier alpha value is -1.92. The van der Waals surface area contributed by atoms with Crippen molar-refractivity contribution in [3.8, 4) is 11.1 Å². The molecule has 0 N–H and O–H groups in total. The minimum absolute atomic E-state index is 0. The standard InChI is InChI=1S/C20H15.C10H9.2ClH.Zr/c1-2-8-15(9-3-1)14-20-18-12-6-4-10-16(18)17-11-5-7-13-19(17)20;1-8-6-7-9-4-2-3-5-10(8)9;;;/h1-14,20H;2-8H,1H2;2*1H;/q;;;;+2/p-2. The van der Waals surface area contributed by atoms with Gasteiger partial charge in [-0.05, 0) is 45.9 Å². The van der Waals surface area contributed by atoms with E-state index in [9.17, 15) is 0 Å². The van der Waals surface area contributed by atoms with E-state index in [1.807, 2.05) is 0 Å². The molecule has 0 amide bonds. The summed E-state index contributed by atoms with van der Waals surface area (Å²) in [5, 5.41) is 0. The molecule has 0 heterocycles. The largest absolute Gasteiger partial charge is 2.00 e. The molecule has 2 radical (unpaired) electrons. The summed E-state index contributed by atoms with van der Waals surface area (Å²) >= 11 is 0. The van der Waals surface area contributed by atoms with Crippen molar-refractivity contribution in [1.82, 2.24) is 0 Å². The van der Waals surface area contributed by atoms with Gasteiger partial charge in [0.1, 0.15) is 0 Å². The van der Waals surface area contributed by atoms with Gasteiger partial charge in [0.15, 0.2) is 0 Å². The quantitative estimate of drug-likeness (QED) is 0.359. The van der Waals surface area contributed by atoms with Gasteiger partial charge in [-0.3, -0.25) is 0 Å². The second-order valence-electron chi connectivity index (χ2n) is 7.82. The first-order chi connectivity index (χ1) is 14.8. The number of allylic oxidation sites excluding steroid dienone is 1. The van der Waals surface area contributed by atoms with Crippen molar-refractivity contribution in [2.75, 3.05) is 0 Å². The minimum atomic E-state index is 0. The summed E-state index contributed by atoms with van der Waals surface area (Å²) in [5.41, 5.74) is 9.53. The fourth-order valence-electron chi connectivity index (χ4n) is 4.45. The van der Waals surface area contributed by atoms with Crippen LogP contribution in [0.1, 0.15) is 39.7 Å². The van der Waals surface area contributed by atoms with E-state index in [1.54, 1.807) is 0 Å². The number of fused-ring (bicyclic) bond motifs is 4. The first kappa shape index (κ1) is 27.3. The molecule has 0 fully saturated rings. The summed E-state index contributed by atoms with van der Waals surface area (Å²) in [6, 6.07) is 36.4. The maximum Gasteiger partial charge on any atom is 2.00 e. The minimum Gasteiger partial charge on any atom is -1.00 e. The van der Waals surface area contributed by atoms with E-state index >= 15 is 0 Å². The summed E-state index contributed by atoms with van der Waals surface area (Å²) < 4.78 is 0. The molecule has 33 heavy (non-hydrogen) atoms. The van der Waals surface area contributed by atoms with Gasteiger partial charge < -0.3 is 24.8 Å². The van der Waals surface area contributed by atoms with E-state index in [1.165, 1.54) is 38.9 Å². The molecule has 0 saturated heterocycles. The first-order valence-corrected chi connectivity index (χ1v) is 10.5. The number of hydrogen-bond acceptors (Lipinski definition) is 0. The molecule has 2 aliphatic carbocycles. The molecular formula is C30H24Cl2Zr. The van der Waals surface area contributed by atoms with Crippen molar-refractivity contribution < 1.29 is 51.0 Å². The predicted octanol–water partition coefficient (Wildman–Crippen LogP) is 1.69. The zero-order valence-corrected chi connectivity index (χ0v) is 22.1. The van der Waals surface area contributed by atoms with Crippen LogP contribution in [0, 0.1) is 13.3 Å². The molecule has 162 valence electrons. The zero-order chi connectivity index (χ0) is 20.3. The molecule has 1 unspecified atom stereocenters. The summed E-state index contributed by atoms with van der Waals surface area (Å²) in [6.07, 6.45) is 6.63. The van der Waals surface area contributed by atoms with E-state index in [2.05, 4.69) is 129 Å². The van der Waals surface area contributed by atoms with E-state index in [-0.39, 0.29) is 51.0 Å². The van der Waals surface area contributed by atoms with Gasteiger partial charge in [0, 0.05) is 18.3 Å². The maximum atomic E-state index is 3.99. The molecule has 0 saturated carbocycles. The van der Waals surface area contributed by atoms with E-state index in [0.29, 0.717) is 11.8 Å². The Kier molecular flexibility index (Phi) is 10.4. The van der Waals surface area contributed by atoms with E-state index < -0.39 is 0 Å². The Morgan fingerprint density at radius 1 is 0.576 bits per heavy atom. The summed E-state index contributed by atoms with van der Waals surface area (Å²) in [5.74, 6) is 0.737. The molecule has 4 aromatic rings. The molecule has 0 aliphatic heterocycles. The van der Waals surface area contributed by atoms with Crippen molar-refractivity contribution >= 4 is 6.08 Å². The summed E-state index contributed by atoms with van der Waals surface area (Å²) in [4.78, 5) is 0. The zero-order valence-electron chi connectivity index (χ0n) is 18.2. The molecule has 0 bridgehead atoms. The van der Waals surface area contributed by atoms with Gasteiger partial charge in [-0.25, -0.2) is 0 Å². The molecule has 3 heteroatoms. The summed E-state index contributed by atoms with van der Waals surface area (Å²) in [6.45, 7) is 3.99. The van der Waals surface area contributed by atoms with Crippen LogP contribution in [0.15, 0.2) is 109 Å². The number of halogens is 2. The van der Waals surface area contributed by atoms with Gasteiger partial charge >= 0.3 is 26.2 Å². The van der Waals surface area contributed by atoms with Gasteiger partial charge in [-0.15, -0.1) is 0 Å². The van der Waals surface area contributed by atoms with Crippen molar-refractivity contribution in [1.29, 1.82) is 0 Å². The normalized spacial score (nSPS) is 14.3. The van der Waals surface area contributed by atoms with Crippen LogP contribution in [0.2, 0.25) is 0 Å². The van der Waals surface area contributed by atoms with Crippen LogP contribution in [0.5, 0.6) is 0 Å². The second-order valence-corrected chi connectivity index (χ2v) is 7.82. The van der Waals surface area contributed by atoms with Gasteiger partial charge in [0.2, 0.25) is 0 Å². The number of rotatable bonds is 2. The molecule has 4 aromatic carbocycles. The van der Waals surface area contributed by atoms with E-state index in [4.69, 9.17) is 0 Å². The van der Waals surface area contributed by atoms with Crippen molar-refractivity contribution in [2.45, 2.75) is 11.8 Å². The Balaban J connectivity index is 0.000000255. The monoisotopic (exact) mass is 544 g/mol. The fraction of sp³-hybridized carbons (Fsp3) is 0.0667. The van der Waals surface area contributed by atoms with E-state index in [0.717, 1.165) is 0 Å². The third-order valence-electron chi connectivity index (χ3n) is 5.94. The third-order valence-corrected chi connectivity index (χ3v) is 5.94. The Morgan fingerprint density at radius 2 is 1.06 bits per heavy atom. The van der Waals surface area contributed by atoms with Crippen LogP contribution in [0.4, 0.5) is 0 Å². The van der Waals surface area contributed by atoms with Crippen LogP contribution in [0.25, 0.3) is 17.2 Å². The van der Waals surface area contributed by atoms with Crippen molar-refractivity contribution in [2.24, 2.45) is 0 Å². The molecule has 0 nitrogen and oxygen atoms in total. The average Bonchev–Trinajstić information content (AvgIpc) is 3.34. The molecule has 0 aromatic heterocycles. The van der Waals surface area contributed by atoms with Crippen LogP contribution in [-0.2, 0) is 26.2 Å². The van der Waals surface area contributed by atoms with Crippen molar-refractivity contribution in [3.63, 3.8) is 0 Å². The number of benzene rings is 4. The molecule has 1 atom stereocenters. The molecule has 2 aliphatic rings. The van der Waals surface area contributed by atoms with Crippen LogP contribution >= 0.6 is 0 Å². The molecule has 6 rings (SSSR count). The maximum absolute atomic E-state index is 3.99. The topological polar surface area (TPSA) is 0 Å². The Morgan fingerprint density at radius 3 is 1.64 bits per heavy atom. The van der Waals surface area contributed by atoms with Gasteiger partial charge in [-0.2, -0.15) is 0 Å². The Labute approximate surface area is 229 Å². The smallest absolute Gasteiger partial charge is 1.00 e.